The molecule has 3 unspecified atom stereocenters. The van der Waals surface area contributed by atoms with Gasteiger partial charge in [-0.25, -0.2) is 4.39 Å². The first kappa shape index (κ1) is 19.6. The van der Waals surface area contributed by atoms with Gasteiger partial charge < -0.3 is 15.4 Å². The number of ether oxygens (including phenoxy) is 1. The van der Waals surface area contributed by atoms with Crippen molar-refractivity contribution in [2.75, 3.05) is 26.2 Å². The lowest BCUT2D eigenvalue weighted by atomic mass is 9.95. The third kappa shape index (κ3) is 4.84. The second kappa shape index (κ2) is 9.23. The third-order valence-electron chi connectivity index (χ3n) is 6.34. The summed E-state index contributed by atoms with van der Waals surface area (Å²) in [4.78, 5) is 7.22. The maximum atomic E-state index is 13.9. The summed E-state index contributed by atoms with van der Waals surface area (Å²) in [6, 6.07) is 7.50. The van der Waals surface area contributed by atoms with E-state index in [0.29, 0.717) is 30.7 Å². The summed E-state index contributed by atoms with van der Waals surface area (Å²) >= 11 is 0. The van der Waals surface area contributed by atoms with Crippen LogP contribution in [0.25, 0.3) is 0 Å². The van der Waals surface area contributed by atoms with E-state index < -0.39 is 0 Å². The molecule has 3 heterocycles. The summed E-state index contributed by atoms with van der Waals surface area (Å²) in [5, 5.41) is 6.98. The Morgan fingerprint density at radius 3 is 2.71 bits per heavy atom. The van der Waals surface area contributed by atoms with Crippen molar-refractivity contribution in [3.05, 3.63) is 35.6 Å². The van der Waals surface area contributed by atoms with E-state index in [9.17, 15) is 4.39 Å². The number of rotatable bonds is 6. The van der Waals surface area contributed by atoms with Crippen molar-refractivity contribution in [3.8, 4) is 0 Å². The Hall–Kier alpha value is -1.66. The molecule has 1 aromatic carbocycles. The molecule has 5 nitrogen and oxygen atoms in total. The molecule has 2 bridgehead atoms. The molecule has 0 amide bonds. The molecule has 4 rings (SSSR count). The highest BCUT2D eigenvalue weighted by Gasteiger charge is 2.41. The lowest BCUT2D eigenvalue weighted by Crippen LogP contribution is -2.47. The van der Waals surface area contributed by atoms with Crippen LogP contribution in [-0.4, -0.2) is 55.3 Å². The Kier molecular flexibility index (Phi) is 6.47. The fourth-order valence-corrected chi connectivity index (χ4v) is 4.70. The monoisotopic (exact) mass is 388 g/mol. The number of benzene rings is 1. The van der Waals surface area contributed by atoms with Crippen LogP contribution >= 0.6 is 0 Å². The normalized spacial score (nSPS) is 28.6. The summed E-state index contributed by atoms with van der Waals surface area (Å²) in [6.45, 7) is 6.56. The quantitative estimate of drug-likeness (QED) is 0.581. The van der Waals surface area contributed by atoms with Crippen LogP contribution in [0.3, 0.4) is 0 Å². The van der Waals surface area contributed by atoms with Gasteiger partial charge in [0.1, 0.15) is 5.82 Å². The zero-order valence-electron chi connectivity index (χ0n) is 16.9. The Balaban J connectivity index is 1.24. The largest absolute Gasteiger partial charge is 0.373 e. The minimum atomic E-state index is -0.0971. The van der Waals surface area contributed by atoms with Gasteiger partial charge in [-0.15, -0.1) is 0 Å². The molecule has 3 saturated heterocycles. The van der Waals surface area contributed by atoms with Crippen LogP contribution in [0, 0.1) is 11.7 Å². The van der Waals surface area contributed by atoms with E-state index in [0.717, 1.165) is 57.0 Å². The van der Waals surface area contributed by atoms with E-state index in [2.05, 4.69) is 22.5 Å². The van der Waals surface area contributed by atoms with Crippen molar-refractivity contribution in [2.45, 2.75) is 63.8 Å². The van der Waals surface area contributed by atoms with E-state index in [1.54, 1.807) is 12.1 Å². The molecular weight excluding hydrogens is 355 g/mol. The molecule has 3 atom stereocenters. The van der Waals surface area contributed by atoms with Crippen LogP contribution < -0.4 is 10.6 Å². The minimum absolute atomic E-state index is 0.0971. The number of guanidine groups is 1. The first-order valence-electron chi connectivity index (χ1n) is 10.9. The molecule has 0 aromatic heterocycles. The average molecular weight is 389 g/mol. The Bertz CT molecular complexity index is 674. The van der Waals surface area contributed by atoms with Gasteiger partial charge in [-0.2, -0.15) is 0 Å². The first-order valence-corrected chi connectivity index (χ1v) is 10.9. The maximum absolute atomic E-state index is 13.9. The fraction of sp³-hybridized carbons (Fsp3) is 0.682. The van der Waals surface area contributed by atoms with Gasteiger partial charge in [-0.3, -0.25) is 9.89 Å². The van der Waals surface area contributed by atoms with Gasteiger partial charge in [0.05, 0.1) is 18.2 Å². The highest BCUT2D eigenvalue weighted by atomic mass is 19.1. The number of hydrogen-bond donors (Lipinski definition) is 2. The van der Waals surface area contributed by atoms with Crippen molar-refractivity contribution < 1.29 is 9.13 Å². The summed E-state index contributed by atoms with van der Waals surface area (Å²) < 4.78 is 19.8. The van der Waals surface area contributed by atoms with Crippen molar-refractivity contribution in [1.82, 2.24) is 15.5 Å². The van der Waals surface area contributed by atoms with Gasteiger partial charge in [0.2, 0.25) is 0 Å². The molecule has 6 heteroatoms. The zero-order chi connectivity index (χ0) is 19.3. The third-order valence-corrected chi connectivity index (χ3v) is 6.34. The molecule has 3 aliphatic rings. The van der Waals surface area contributed by atoms with E-state index >= 15 is 0 Å². The topological polar surface area (TPSA) is 48.9 Å². The van der Waals surface area contributed by atoms with Gasteiger partial charge in [-0.1, -0.05) is 18.2 Å². The SMILES string of the molecule is CCNC(=NCC1CCN(Cc2ccccc2F)CC1)NC1CC2CCC1O2. The predicted octanol–water partition coefficient (Wildman–Crippen LogP) is 2.91. The van der Waals surface area contributed by atoms with E-state index in [1.807, 2.05) is 12.1 Å². The van der Waals surface area contributed by atoms with E-state index in [1.165, 1.54) is 12.8 Å². The molecule has 0 saturated carbocycles. The van der Waals surface area contributed by atoms with Crippen LogP contribution in [-0.2, 0) is 11.3 Å². The number of fused-ring (bicyclic) bond motifs is 2. The van der Waals surface area contributed by atoms with Crippen molar-refractivity contribution in [3.63, 3.8) is 0 Å². The molecule has 0 radical (unpaired) electrons. The molecule has 3 aliphatic heterocycles. The lowest BCUT2D eigenvalue weighted by molar-refractivity contribution is 0.0992. The standard InChI is InChI=1S/C22H33FN4O/c1-2-24-22(26-20-13-18-7-8-21(20)28-18)25-14-16-9-11-27(12-10-16)15-17-5-3-4-6-19(17)23/h3-6,16,18,20-21H,2,7-15H2,1H3,(H2,24,25,26). The summed E-state index contributed by atoms with van der Waals surface area (Å²) in [5.74, 6) is 1.43. The molecule has 28 heavy (non-hydrogen) atoms. The van der Waals surface area contributed by atoms with Crippen molar-refractivity contribution in [2.24, 2.45) is 10.9 Å². The van der Waals surface area contributed by atoms with Crippen molar-refractivity contribution >= 4 is 5.96 Å². The smallest absolute Gasteiger partial charge is 0.191 e. The van der Waals surface area contributed by atoms with Gasteiger partial charge in [0.25, 0.3) is 0 Å². The predicted molar refractivity (Wildman–Crippen MR) is 110 cm³/mol. The Morgan fingerprint density at radius 2 is 2.04 bits per heavy atom. The maximum Gasteiger partial charge on any atom is 0.191 e. The number of hydrogen-bond acceptors (Lipinski definition) is 3. The summed E-state index contributed by atoms with van der Waals surface area (Å²) in [5.41, 5.74) is 0.797. The average Bonchev–Trinajstić information content (AvgIpc) is 3.32. The molecule has 1 aromatic rings. The summed E-state index contributed by atoms with van der Waals surface area (Å²) in [7, 11) is 0. The Morgan fingerprint density at radius 1 is 1.21 bits per heavy atom. The second-order valence-corrected chi connectivity index (χ2v) is 8.39. The van der Waals surface area contributed by atoms with Gasteiger partial charge >= 0.3 is 0 Å². The van der Waals surface area contributed by atoms with Crippen LogP contribution in [0.5, 0.6) is 0 Å². The lowest BCUT2D eigenvalue weighted by Gasteiger charge is -2.31. The number of aliphatic imine (C=N–C) groups is 1. The Labute approximate surface area is 167 Å². The summed E-state index contributed by atoms with van der Waals surface area (Å²) in [6.07, 6.45) is 6.52. The number of nitrogens with zero attached hydrogens (tertiary/aromatic N) is 2. The van der Waals surface area contributed by atoms with Gasteiger partial charge in [0.15, 0.2) is 5.96 Å². The van der Waals surface area contributed by atoms with Gasteiger partial charge in [-0.05, 0) is 64.1 Å². The van der Waals surface area contributed by atoms with Gasteiger partial charge in [0, 0.05) is 25.2 Å². The van der Waals surface area contributed by atoms with Crippen LogP contribution in [0.1, 0.15) is 44.6 Å². The molecule has 0 spiro atoms. The molecular formula is C22H33FN4O. The van der Waals surface area contributed by atoms with E-state index in [4.69, 9.17) is 9.73 Å². The van der Waals surface area contributed by atoms with Crippen LogP contribution in [0.2, 0.25) is 0 Å². The highest BCUT2D eigenvalue weighted by Crippen LogP contribution is 2.34. The number of likely N-dealkylation sites (tertiary alicyclic amines) is 1. The fourth-order valence-electron chi connectivity index (χ4n) is 4.70. The number of piperidine rings is 1. The molecule has 3 fully saturated rings. The zero-order valence-corrected chi connectivity index (χ0v) is 16.9. The van der Waals surface area contributed by atoms with Crippen LogP contribution in [0.15, 0.2) is 29.3 Å². The number of nitrogens with one attached hydrogen (secondary N) is 2. The van der Waals surface area contributed by atoms with Crippen LogP contribution in [0.4, 0.5) is 4.39 Å². The highest BCUT2D eigenvalue weighted by molar-refractivity contribution is 5.80. The first-order chi connectivity index (χ1) is 13.7. The number of halogens is 1. The second-order valence-electron chi connectivity index (χ2n) is 8.39. The molecule has 2 N–H and O–H groups in total. The molecule has 0 aliphatic carbocycles. The minimum Gasteiger partial charge on any atom is -0.373 e. The van der Waals surface area contributed by atoms with Crippen molar-refractivity contribution in [1.29, 1.82) is 0 Å². The molecule has 154 valence electrons. The van der Waals surface area contributed by atoms with E-state index in [-0.39, 0.29) is 5.82 Å².